The highest BCUT2D eigenvalue weighted by Gasteiger charge is 2.15. The highest BCUT2D eigenvalue weighted by atomic mass is 15.3. The zero-order valence-corrected chi connectivity index (χ0v) is 11.8. The van der Waals surface area contributed by atoms with E-state index in [0.717, 1.165) is 23.4 Å². The minimum atomic E-state index is 0.491. The largest absolute Gasteiger partial charge is 0.236 e. The Labute approximate surface area is 124 Å². The molecule has 0 aliphatic rings. The van der Waals surface area contributed by atoms with Crippen LogP contribution in [0.1, 0.15) is 22.5 Å². The van der Waals surface area contributed by atoms with Gasteiger partial charge in [0.2, 0.25) is 0 Å². The first-order chi connectivity index (χ1) is 10.3. The van der Waals surface area contributed by atoms with Crippen LogP contribution < -0.4 is 0 Å². The summed E-state index contributed by atoms with van der Waals surface area (Å²) >= 11 is 0. The van der Waals surface area contributed by atoms with Crippen LogP contribution >= 0.6 is 0 Å². The molecule has 0 atom stereocenters. The summed E-state index contributed by atoms with van der Waals surface area (Å²) in [7, 11) is 0. The molecule has 0 saturated carbocycles. The number of aromatic nitrogens is 2. The van der Waals surface area contributed by atoms with Crippen molar-refractivity contribution in [2.75, 3.05) is 0 Å². The first-order valence-corrected chi connectivity index (χ1v) is 6.87. The van der Waals surface area contributed by atoms with Crippen molar-refractivity contribution in [3.05, 3.63) is 83.2 Å². The predicted molar refractivity (Wildman–Crippen MR) is 82.3 cm³/mol. The van der Waals surface area contributed by atoms with Crippen molar-refractivity contribution in [1.82, 2.24) is 9.78 Å². The Kier molecular flexibility index (Phi) is 3.53. The lowest BCUT2D eigenvalue weighted by atomic mass is 10.1. The third-order valence-corrected chi connectivity index (χ3v) is 3.56. The number of hydrogen-bond acceptors (Lipinski definition) is 2. The van der Waals surface area contributed by atoms with Gasteiger partial charge in [-0.05, 0) is 24.6 Å². The van der Waals surface area contributed by atoms with E-state index in [1.54, 1.807) is 0 Å². The Morgan fingerprint density at radius 2 is 1.62 bits per heavy atom. The molecular weight excluding hydrogens is 258 g/mol. The van der Waals surface area contributed by atoms with Crippen LogP contribution in [0.2, 0.25) is 0 Å². The van der Waals surface area contributed by atoms with Crippen molar-refractivity contribution in [3.63, 3.8) is 0 Å². The van der Waals surface area contributed by atoms with Gasteiger partial charge in [-0.3, -0.25) is 0 Å². The fourth-order valence-corrected chi connectivity index (χ4v) is 2.42. The number of para-hydroxylation sites is 1. The molecule has 0 N–H and O–H groups in total. The summed E-state index contributed by atoms with van der Waals surface area (Å²) in [6.45, 7) is 1.96. The molecule has 102 valence electrons. The van der Waals surface area contributed by atoms with Gasteiger partial charge < -0.3 is 0 Å². The van der Waals surface area contributed by atoms with Gasteiger partial charge in [-0.1, -0.05) is 48.5 Å². The minimum Gasteiger partial charge on any atom is -0.236 e. The Balaban J connectivity index is 2.10. The maximum absolute atomic E-state index is 9.24. The van der Waals surface area contributed by atoms with E-state index in [9.17, 15) is 5.26 Å². The minimum absolute atomic E-state index is 0.491. The van der Waals surface area contributed by atoms with Crippen molar-refractivity contribution < 1.29 is 0 Å². The molecule has 1 aromatic heterocycles. The Morgan fingerprint density at radius 1 is 1.00 bits per heavy atom. The Bertz CT molecular complexity index is 781. The first-order valence-electron chi connectivity index (χ1n) is 6.87. The van der Waals surface area contributed by atoms with E-state index in [-0.39, 0.29) is 0 Å². The Hall–Kier alpha value is -2.86. The van der Waals surface area contributed by atoms with Crippen LogP contribution in [0.15, 0.2) is 60.7 Å². The zero-order chi connectivity index (χ0) is 14.7. The highest BCUT2D eigenvalue weighted by Crippen LogP contribution is 2.20. The fraction of sp³-hybridized carbons (Fsp3) is 0.111. The van der Waals surface area contributed by atoms with Gasteiger partial charge in [0.1, 0.15) is 6.07 Å². The van der Waals surface area contributed by atoms with Gasteiger partial charge in [0.15, 0.2) is 5.69 Å². The standard InChI is InChI=1S/C18H15N3/c1-14-17(13-19)20-21(16-10-6-3-7-11-16)18(14)12-15-8-4-2-5-9-15/h2-11H,12H2,1H3. The van der Waals surface area contributed by atoms with Crippen LogP contribution in [0, 0.1) is 18.3 Å². The van der Waals surface area contributed by atoms with E-state index in [1.807, 2.05) is 60.1 Å². The molecular formula is C18H15N3. The Morgan fingerprint density at radius 3 is 2.24 bits per heavy atom. The van der Waals surface area contributed by atoms with E-state index in [2.05, 4.69) is 23.3 Å². The average molecular weight is 273 g/mol. The van der Waals surface area contributed by atoms with Crippen LogP contribution in [0.25, 0.3) is 5.69 Å². The predicted octanol–water partition coefficient (Wildman–Crippen LogP) is 3.64. The molecule has 0 spiro atoms. The van der Waals surface area contributed by atoms with E-state index >= 15 is 0 Å². The summed E-state index contributed by atoms with van der Waals surface area (Å²) in [4.78, 5) is 0. The fourth-order valence-electron chi connectivity index (χ4n) is 2.42. The first kappa shape index (κ1) is 13.1. The van der Waals surface area contributed by atoms with Crippen molar-refractivity contribution in [2.24, 2.45) is 0 Å². The van der Waals surface area contributed by atoms with Crippen molar-refractivity contribution >= 4 is 0 Å². The molecule has 3 aromatic rings. The molecule has 0 radical (unpaired) electrons. The lowest BCUT2D eigenvalue weighted by Crippen LogP contribution is -2.03. The number of nitrogens with zero attached hydrogens (tertiary/aromatic N) is 3. The third kappa shape index (κ3) is 2.56. The molecule has 0 bridgehead atoms. The normalized spacial score (nSPS) is 10.3. The highest BCUT2D eigenvalue weighted by molar-refractivity contribution is 5.42. The topological polar surface area (TPSA) is 41.6 Å². The second kappa shape index (κ2) is 5.64. The van der Waals surface area contributed by atoms with E-state index in [1.165, 1.54) is 5.56 Å². The van der Waals surface area contributed by atoms with E-state index in [4.69, 9.17) is 0 Å². The van der Waals surface area contributed by atoms with Crippen molar-refractivity contribution in [1.29, 1.82) is 5.26 Å². The molecule has 3 heteroatoms. The summed E-state index contributed by atoms with van der Waals surface area (Å²) in [6, 6.07) is 22.4. The molecule has 3 rings (SSSR count). The lowest BCUT2D eigenvalue weighted by molar-refractivity contribution is 0.818. The van der Waals surface area contributed by atoms with Crippen molar-refractivity contribution in [3.8, 4) is 11.8 Å². The molecule has 0 fully saturated rings. The zero-order valence-electron chi connectivity index (χ0n) is 11.8. The van der Waals surface area contributed by atoms with E-state index < -0.39 is 0 Å². The molecule has 0 amide bonds. The second-order valence-electron chi connectivity index (χ2n) is 4.94. The monoisotopic (exact) mass is 273 g/mol. The van der Waals surface area contributed by atoms with E-state index in [0.29, 0.717) is 5.69 Å². The van der Waals surface area contributed by atoms with Crippen LogP contribution in [-0.2, 0) is 6.42 Å². The lowest BCUT2D eigenvalue weighted by Gasteiger charge is -2.08. The molecule has 1 heterocycles. The number of hydrogen-bond donors (Lipinski definition) is 0. The summed E-state index contributed by atoms with van der Waals surface area (Å²) in [6.07, 6.45) is 0.760. The number of benzene rings is 2. The van der Waals surface area contributed by atoms with Gasteiger partial charge >= 0.3 is 0 Å². The average Bonchev–Trinajstić information content (AvgIpc) is 2.86. The number of rotatable bonds is 3. The van der Waals surface area contributed by atoms with Crippen LogP contribution in [0.3, 0.4) is 0 Å². The van der Waals surface area contributed by atoms with Gasteiger partial charge in [-0.25, -0.2) is 4.68 Å². The maximum atomic E-state index is 9.24. The van der Waals surface area contributed by atoms with Crippen LogP contribution in [0.5, 0.6) is 0 Å². The SMILES string of the molecule is Cc1c(C#N)nn(-c2ccccc2)c1Cc1ccccc1. The van der Waals surface area contributed by atoms with Crippen LogP contribution in [-0.4, -0.2) is 9.78 Å². The van der Waals surface area contributed by atoms with Gasteiger partial charge in [0, 0.05) is 12.0 Å². The number of nitriles is 1. The summed E-state index contributed by atoms with van der Waals surface area (Å²) in [5, 5.41) is 13.7. The molecule has 0 aliphatic carbocycles. The third-order valence-electron chi connectivity index (χ3n) is 3.56. The van der Waals surface area contributed by atoms with Crippen molar-refractivity contribution in [2.45, 2.75) is 13.3 Å². The molecule has 0 unspecified atom stereocenters. The molecule has 0 aliphatic heterocycles. The molecule has 21 heavy (non-hydrogen) atoms. The quantitative estimate of drug-likeness (QED) is 0.731. The van der Waals surface area contributed by atoms with Gasteiger partial charge in [-0.2, -0.15) is 10.4 Å². The summed E-state index contributed by atoms with van der Waals surface area (Å²) in [5.74, 6) is 0. The van der Waals surface area contributed by atoms with Crippen LogP contribution in [0.4, 0.5) is 0 Å². The summed E-state index contributed by atoms with van der Waals surface area (Å²) in [5.41, 5.74) is 4.69. The molecule has 0 saturated heterocycles. The maximum Gasteiger partial charge on any atom is 0.166 e. The van der Waals surface area contributed by atoms with Gasteiger partial charge in [0.25, 0.3) is 0 Å². The summed E-state index contributed by atoms with van der Waals surface area (Å²) < 4.78 is 1.88. The van der Waals surface area contributed by atoms with Gasteiger partial charge in [-0.15, -0.1) is 0 Å². The second-order valence-corrected chi connectivity index (χ2v) is 4.94. The molecule has 3 nitrogen and oxygen atoms in total. The van der Waals surface area contributed by atoms with Gasteiger partial charge in [0.05, 0.1) is 11.4 Å². The smallest absolute Gasteiger partial charge is 0.166 e. The molecule has 2 aromatic carbocycles.